The van der Waals surface area contributed by atoms with Crippen molar-refractivity contribution in [2.45, 2.75) is 19.3 Å². The Morgan fingerprint density at radius 1 is 1.20 bits per heavy atom. The molecule has 2 aromatic rings. The highest BCUT2D eigenvalue weighted by Gasteiger charge is 2.10. The smallest absolute Gasteiger partial charge is 0.243 e. The normalized spacial score (nSPS) is 11.9. The van der Waals surface area contributed by atoms with Gasteiger partial charge in [-0.2, -0.15) is 0 Å². The topological polar surface area (TPSA) is 72.9 Å². The summed E-state index contributed by atoms with van der Waals surface area (Å²) in [5.74, 6) is 0.907. The molecule has 1 heterocycles. The fourth-order valence-corrected chi connectivity index (χ4v) is 3.31. The monoisotopic (exact) mass is 544 g/mol. The van der Waals surface area contributed by atoms with Gasteiger partial charge in [0.25, 0.3) is 0 Å². The van der Waals surface area contributed by atoms with Crippen LogP contribution in [0.4, 0.5) is 5.69 Å². The molecule has 0 saturated heterocycles. The number of nitrogens with zero attached hydrogens (tertiary/aromatic N) is 4. The largest absolute Gasteiger partial charge is 0.375 e. The fraction of sp³-hybridized carbons (Fsp3) is 0.476. The first kappa shape index (κ1) is 26.2. The van der Waals surface area contributed by atoms with Crippen molar-refractivity contribution in [3.05, 3.63) is 46.9 Å². The van der Waals surface area contributed by atoms with E-state index in [1.807, 2.05) is 29.8 Å². The second-order valence-corrected chi connectivity index (χ2v) is 8.07. The van der Waals surface area contributed by atoms with E-state index in [2.05, 4.69) is 51.6 Å². The number of carbonyl (C=O) groups is 1. The van der Waals surface area contributed by atoms with Crippen LogP contribution in [0.1, 0.15) is 24.3 Å². The second-order valence-electron chi connectivity index (χ2n) is 7.14. The van der Waals surface area contributed by atoms with Crippen molar-refractivity contribution in [1.29, 1.82) is 0 Å². The fourth-order valence-electron chi connectivity index (χ4n) is 2.61. The summed E-state index contributed by atoms with van der Waals surface area (Å²) in [6, 6.07) is 10.3. The standard InChI is InChI=1S/C21H32N6OS.HI/c1-17(20-22-12-14-29-20)15-24-21(25-16-19(28)26(2)3)23-11-8-13-27(4)18-9-6-5-7-10-18;/h5-7,9-10,12,14,17H,8,11,13,15-16H2,1-4H3,(H2,23,24,25);1H. The Morgan fingerprint density at radius 3 is 2.57 bits per heavy atom. The number of hydrogen-bond donors (Lipinski definition) is 2. The summed E-state index contributed by atoms with van der Waals surface area (Å²) in [7, 11) is 5.57. The van der Waals surface area contributed by atoms with Gasteiger partial charge in [-0.05, 0) is 18.6 Å². The molecule has 0 aliphatic heterocycles. The minimum absolute atomic E-state index is 0. The van der Waals surface area contributed by atoms with Crippen LogP contribution in [0.15, 0.2) is 46.9 Å². The molecular formula is C21H33IN6OS. The molecule has 2 N–H and O–H groups in total. The van der Waals surface area contributed by atoms with Crippen LogP contribution in [-0.4, -0.2) is 69.1 Å². The Hall–Kier alpha value is -1.88. The Morgan fingerprint density at radius 2 is 1.93 bits per heavy atom. The van der Waals surface area contributed by atoms with Gasteiger partial charge in [-0.15, -0.1) is 35.3 Å². The van der Waals surface area contributed by atoms with Crippen LogP contribution in [0.3, 0.4) is 0 Å². The van der Waals surface area contributed by atoms with Crippen molar-refractivity contribution in [2.75, 3.05) is 52.2 Å². The van der Waals surface area contributed by atoms with Gasteiger partial charge in [0.15, 0.2) is 5.96 Å². The van der Waals surface area contributed by atoms with Gasteiger partial charge in [0, 0.05) is 64.0 Å². The lowest BCUT2D eigenvalue weighted by Gasteiger charge is -2.20. The highest BCUT2D eigenvalue weighted by molar-refractivity contribution is 14.0. The molecule has 0 bridgehead atoms. The molecular weight excluding hydrogens is 511 g/mol. The average molecular weight is 545 g/mol. The summed E-state index contributed by atoms with van der Waals surface area (Å²) in [5.41, 5.74) is 1.20. The number of aliphatic imine (C=N–C) groups is 1. The summed E-state index contributed by atoms with van der Waals surface area (Å²) in [5, 5.41) is 9.76. The maximum atomic E-state index is 11.9. The quantitative estimate of drug-likeness (QED) is 0.208. The summed E-state index contributed by atoms with van der Waals surface area (Å²) in [6.45, 7) is 4.65. The van der Waals surface area contributed by atoms with Crippen LogP contribution in [0, 0.1) is 0 Å². The van der Waals surface area contributed by atoms with Crippen molar-refractivity contribution in [1.82, 2.24) is 20.5 Å². The number of anilines is 1. The molecule has 0 aliphatic rings. The number of aromatic nitrogens is 1. The number of halogens is 1. The van der Waals surface area contributed by atoms with E-state index in [0.717, 1.165) is 24.5 Å². The number of thiazole rings is 1. The van der Waals surface area contributed by atoms with E-state index < -0.39 is 0 Å². The first-order valence-electron chi connectivity index (χ1n) is 9.85. The molecule has 0 radical (unpaired) electrons. The molecule has 166 valence electrons. The lowest BCUT2D eigenvalue weighted by Crippen LogP contribution is -2.41. The summed E-state index contributed by atoms with van der Waals surface area (Å²) in [6.07, 6.45) is 2.78. The van der Waals surface area contributed by atoms with Crippen molar-refractivity contribution in [2.24, 2.45) is 4.99 Å². The molecule has 1 amide bonds. The van der Waals surface area contributed by atoms with Crippen LogP contribution in [-0.2, 0) is 4.79 Å². The van der Waals surface area contributed by atoms with E-state index in [4.69, 9.17) is 0 Å². The number of guanidine groups is 1. The first-order chi connectivity index (χ1) is 14.0. The van der Waals surface area contributed by atoms with Crippen molar-refractivity contribution in [3.63, 3.8) is 0 Å². The Labute approximate surface area is 201 Å². The van der Waals surface area contributed by atoms with E-state index in [-0.39, 0.29) is 42.3 Å². The molecule has 1 atom stereocenters. The van der Waals surface area contributed by atoms with Crippen LogP contribution >= 0.6 is 35.3 Å². The first-order valence-corrected chi connectivity index (χ1v) is 10.7. The number of benzene rings is 1. The van der Waals surface area contributed by atoms with Gasteiger partial charge in [-0.25, -0.2) is 9.98 Å². The number of rotatable bonds is 10. The van der Waals surface area contributed by atoms with Crippen molar-refractivity contribution in [3.8, 4) is 0 Å². The zero-order valence-electron chi connectivity index (χ0n) is 18.2. The van der Waals surface area contributed by atoms with Gasteiger partial charge < -0.3 is 20.4 Å². The van der Waals surface area contributed by atoms with E-state index in [0.29, 0.717) is 12.5 Å². The molecule has 9 heteroatoms. The van der Waals surface area contributed by atoms with E-state index in [9.17, 15) is 4.79 Å². The zero-order chi connectivity index (χ0) is 21.1. The predicted molar refractivity (Wildman–Crippen MR) is 137 cm³/mol. The second kappa shape index (κ2) is 14.2. The van der Waals surface area contributed by atoms with Crippen LogP contribution < -0.4 is 15.5 Å². The summed E-state index contributed by atoms with van der Waals surface area (Å²) >= 11 is 1.65. The van der Waals surface area contributed by atoms with Crippen LogP contribution in [0.2, 0.25) is 0 Å². The van der Waals surface area contributed by atoms with Gasteiger partial charge in [0.05, 0.1) is 5.01 Å². The minimum atomic E-state index is -0.0251. The molecule has 0 spiro atoms. The zero-order valence-corrected chi connectivity index (χ0v) is 21.3. The van der Waals surface area contributed by atoms with E-state index in [1.165, 1.54) is 5.69 Å². The lowest BCUT2D eigenvalue weighted by molar-refractivity contribution is -0.127. The highest BCUT2D eigenvalue weighted by atomic mass is 127. The molecule has 0 saturated carbocycles. The average Bonchev–Trinajstić information content (AvgIpc) is 3.27. The Kier molecular flexibility index (Phi) is 12.4. The van der Waals surface area contributed by atoms with Gasteiger partial charge in [-0.1, -0.05) is 25.1 Å². The SMILES string of the molecule is CC(CNC(=NCC(=O)N(C)C)NCCCN(C)c1ccccc1)c1nccs1.I. The predicted octanol–water partition coefficient (Wildman–Crippen LogP) is 3.01. The summed E-state index contributed by atoms with van der Waals surface area (Å²) < 4.78 is 0. The van der Waals surface area contributed by atoms with Gasteiger partial charge >= 0.3 is 0 Å². The van der Waals surface area contributed by atoms with Crippen LogP contribution in [0.5, 0.6) is 0 Å². The third-order valence-corrected chi connectivity index (χ3v) is 5.49. The molecule has 2 rings (SSSR count). The Bertz CT molecular complexity index is 754. The molecule has 0 aliphatic carbocycles. The molecule has 7 nitrogen and oxygen atoms in total. The third kappa shape index (κ3) is 9.29. The molecule has 1 unspecified atom stereocenters. The van der Waals surface area contributed by atoms with Gasteiger partial charge in [0.2, 0.25) is 5.91 Å². The number of carbonyl (C=O) groups excluding carboxylic acids is 1. The van der Waals surface area contributed by atoms with Crippen molar-refractivity contribution >= 4 is 52.9 Å². The Balaban J connectivity index is 0.00000450. The molecule has 1 aromatic heterocycles. The number of likely N-dealkylation sites (N-methyl/N-ethyl adjacent to an activating group) is 1. The highest BCUT2D eigenvalue weighted by Crippen LogP contribution is 2.16. The molecule has 30 heavy (non-hydrogen) atoms. The number of hydrogen-bond acceptors (Lipinski definition) is 5. The van der Waals surface area contributed by atoms with Gasteiger partial charge in [-0.3, -0.25) is 4.79 Å². The lowest BCUT2D eigenvalue weighted by atomic mass is 10.2. The van der Waals surface area contributed by atoms with Crippen LogP contribution in [0.25, 0.3) is 0 Å². The van der Waals surface area contributed by atoms with Gasteiger partial charge in [0.1, 0.15) is 6.54 Å². The molecule has 0 fully saturated rings. The molecule has 1 aromatic carbocycles. The third-order valence-electron chi connectivity index (χ3n) is 4.48. The number of para-hydroxylation sites is 1. The van der Waals surface area contributed by atoms with E-state index in [1.54, 1.807) is 30.3 Å². The summed E-state index contributed by atoms with van der Waals surface area (Å²) in [4.78, 5) is 24.5. The van der Waals surface area contributed by atoms with E-state index >= 15 is 0 Å². The number of nitrogens with one attached hydrogen (secondary N) is 2. The van der Waals surface area contributed by atoms with Crippen molar-refractivity contribution < 1.29 is 4.79 Å². The number of amides is 1. The maximum absolute atomic E-state index is 11.9. The maximum Gasteiger partial charge on any atom is 0.243 e. The minimum Gasteiger partial charge on any atom is -0.375 e.